The molecule has 0 atom stereocenters. The highest BCUT2D eigenvalue weighted by Gasteiger charge is 2.37. The predicted molar refractivity (Wildman–Crippen MR) is 50.0 cm³/mol. The second kappa shape index (κ2) is 2.67. The maximum Gasteiger partial charge on any atom is 0.271 e. The number of amides is 2. The molecule has 68 valence electrons. The molecule has 1 aromatic rings. The zero-order chi connectivity index (χ0) is 9.59. The van der Waals surface area contributed by atoms with Gasteiger partial charge in [-0.2, -0.15) is 0 Å². The number of imide groups is 1. The number of nitrogens with zero attached hydrogens (tertiary/aromatic N) is 1. The summed E-state index contributed by atoms with van der Waals surface area (Å²) in [6.45, 7) is 3.68. The number of hydrogen-bond acceptors (Lipinski definition) is 3. The minimum absolute atomic E-state index is 0.0559. The van der Waals surface area contributed by atoms with Crippen LogP contribution in [0.3, 0.4) is 0 Å². The van der Waals surface area contributed by atoms with Gasteiger partial charge in [0.2, 0.25) is 0 Å². The summed E-state index contributed by atoms with van der Waals surface area (Å²) < 4.78 is 0. The van der Waals surface area contributed by atoms with Gasteiger partial charge in [0.05, 0.1) is 5.56 Å². The van der Waals surface area contributed by atoms with Crippen molar-refractivity contribution in [1.29, 1.82) is 0 Å². The lowest BCUT2D eigenvalue weighted by atomic mass is 10.3. The van der Waals surface area contributed by atoms with E-state index >= 15 is 0 Å². The first-order valence-corrected chi connectivity index (χ1v) is 4.96. The van der Waals surface area contributed by atoms with Crippen molar-refractivity contribution in [2.75, 3.05) is 0 Å². The summed E-state index contributed by atoms with van der Waals surface area (Å²) in [5.41, 5.74) is 0.559. The van der Waals surface area contributed by atoms with Crippen LogP contribution in [0.25, 0.3) is 0 Å². The number of rotatable bonds is 1. The molecule has 2 heterocycles. The molecule has 2 amide bonds. The highest BCUT2D eigenvalue weighted by Crippen LogP contribution is 2.28. The van der Waals surface area contributed by atoms with Gasteiger partial charge >= 0.3 is 0 Å². The molecule has 0 saturated carbocycles. The maximum atomic E-state index is 11.6. The van der Waals surface area contributed by atoms with Crippen molar-refractivity contribution in [2.24, 2.45) is 0 Å². The van der Waals surface area contributed by atoms with Gasteiger partial charge in [0.25, 0.3) is 11.8 Å². The molecular weight excluding hydrogens is 186 g/mol. The summed E-state index contributed by atoms with van der Waals surface area (Å²) in [7, 11) is 0. The first kappa shape index (κ1) is 8.44. The summed E-state index contributed by atoms with van der Waals surface area (Å²) >= 11 is 1.33. The van der Waals surface area contributed by atoms with Gasteiger partial charge in [-0.05, 0) is 25.3 Å². The van der Waals surface area contributed by atoms with Crippen molar-refractivity contribution >= 4 is 23.2 Å². The Morgan fingerprint density at radius 2 is 2.00 bits per heavy atom. The first-order valence-electron chi connectivity index (χ1n) is 4.08. The van der Waals surface area contributed by atoms with Gasteiger partial charge in [-0.15, -0.1) is 11.3 Å². The third-order valence-corrected chi connectivity index (χ3v) is 2.95. The Hall–Kier alpha value is -1.16. The van der Waals surface area contributed by atoms with Crippen LogP contribution in [-0.4, -0.2) is 22.8 Å². The molecule has 0 aliphatic carbocycles. The number of carbonyl (C=O) groups is 2. The van der Waals surface area contributed by atoms with Crippen LogP contribution in [0, 0.1) is 0 Å². The van der Waals surface area contributed by atoms with Crippen LogP contribution >= 0.6 is 11.3 Å². The molecule has 0 radical (unpaired) electrons. The second-order valence-corrected chi connectivity index (χ2v) is 4.15. The first-order chi connectivity index (χ1) is 6.13. The molecule has 0 unspecified atom stereocenters. The van der Waals surface area contributed by atoms with Gasteiger partial charge < -0.3 is 0 Å². The fourth-order valence-electron chi connectivity index (χ4n) is 1.44. The summed E-state index contributed by atoms with van der Waals surface area (Å²) in [4.78, 5) is 25.1. The van der Waals surface area contributed by atoms with Crippen molar-refractivity contribution in [1.82, 2.24) is 4.90 Å². The van der Waals surface area contributed by atoms with E-state index < -0.39 is 0 Å². The van der Waals surface area contributed by atoms with E-state index in [1.54, 1.807) is 11.4 Å². The van der Waals surface area contributed by atoms with Crippen molar-refractivity contribution in [2.45, 2.75) is 19.9 Å². The van der Waals surface area contributed by atoms with E-state index in [0.29, 0.717) is 10.4 Å². The summed E-state index contributed by atoms with van der Waals surface area (Å²) in [5.74, 6) is -0.304. The zero-order valence-electron chi connectivity index (χ0n) is 7.40. The Bertz CT molecular complexity index is 350. The Balaban J connectivity index is 2.49. The normalized spacial score (nSPS) is 15.8. The lowest BCUT2D eigenvalue weighted by molar-refractivity contribution is 0.0610. The molecule has 2 rings (SSSR count). The van der Waals surface area contributed by atoms with Crippen molar-refractivity contribution in [3.8, 4) is 0 Å². The summed E-state index contributed by atoms with van der Waals surface area (Å²) in [5, 5.41) is 1.78. The molecule has 1 aliphatic rings. The topological polar surface area (TPSA) is 37.4 Å². The van der Waals surface area contributed by atoms with Crippen molar-refractivity contribution in [3.63, 3.8) is 0 Å². The third-order valence-electron chi connectivity index (χ3n) is 2.04. The van der Waals surface area contributed by atoms with Crippen LogP contribution in [0.2, 0.25) is 0 Å². The van der Waals surface area contributed by atoms with E-state index in [1.165, 1.54) is 16.2 Å². The van der Waals surface area contributed by atoms with E-state index in [0.717, 1.165) is 0 Å². The van der Waals surface area contributed by atoms with E-state index in [1.807, 2.05) is 13.8 Å². The van der Waals surface area contributed by atoms with Gasteiger partial charge in [-0.25, -0.2) is 0 Å². The molecule has 0 saturated heterocycles. The Kier molecular flexibility index (Phi) is 1.73. The highest BCUT2D eigenvalue weighted by molar-refractivity contribution is 7.12. The average molecular weight is 195 g/mol. The molecule has 0 N–H and O–H groups in total. The second-order valence-electron chi connectivity index (χ2n) is 3.24. The molecule has 1 aromatic heterocycles. The van der Waals surface area contributed by atoms with Crippen LogP contribution in [0.5, 0.6) is 0 Å². The monoisotopic (exact) mass is 195 g/mol. The standard InChI is InChI=1S/C9H9NO2S/c1-5(2)10-8(11)6-3-4-13-7(6)9(10)12/h3-5H,1-2H3. The molecule has 4 heteroatoms. The van der Waals surface area contributed by atoms with Crippen LogP contribution in [0.1, 0.15) is 33.9 Å². The third kappa shape index (κ3) is 1.02. The Morgan fingerprint density at radius 1 is 1.31 bits per heavy atom. The molecule has 13 heavy (non-hydrogen) atoms. The highest BCUT2D eigenvalue weighted by atomic mass is 32.1. The van der Waals surface area contributed by atoms with Gasteiger partial charge in [0.15, 0.2) is 0 Å². The Morgan fingerprint density at radius 3 is 2.54 bits per heavy atom. The van der Waals surface area contributed by atoms with E-state index in [9.17, 15) is 9.59 Å². The minimum atomic E-state index is -0.156. The number of carbonyl (C=O) groups excluding carboxylic acids is 2. The molecule has 0 aromatic carbocycles. The van der Waals surface area contributed by atoms with E-state index in [2.05, 4.69) is 0 Å². The number of fused-ring (bicyclic) bond motifs is 1. The predicted octanol–water partition coefficient (Wildman–Crippen LogP) is 1.75. The van der Waals surface area contributed by atoms with Crippen LogP contribution in [-0.2, 0) is 0 Å². The molecule has 1 aliphatic heterocycles. The lowest BCUT2D eigenvalue weighted by Crippen LogP contribution is -2.35. The van der Waals surface area contributed by atoms with Crippen molar-refractivity contribution < 1.29 is 9.59 Å². The fourth-order valence-corrected chi connectivity index (χ4v) is 2.27. The zero-order valence-corrected chi connectivity index (χ0v) is 8.22. The smallest absolute Gasteiger partial charge is 0.271 e. The van der Waals surface area contributed by atoms with Gasteiger partial charge in [-0.1, -0.05) is 0 Å². The quantitative estimate of drug-likeness (QED) is 0.640. The summed E-state index contributed by atoms with van der Waals surface area (Å²) in [6, 6.07) is 1.65. The van der Waals surface area contributed by atoms with Gasteiger partial charge in [0, 0.05) is 6.04 Å². The van der Waals surface area contributed by atoms with Crippen molar-refractivity contribution in [3.05, 3.63) is 21.9 Å². The minimum Gasteiger partial charge on any atom is -0.271 e. The van der Waals surface area contributed by atoms with Crippen LogP contribution < -0.4 is 0 Å². The SMILES string of the molecule is CC(C)N1C(=O)c2ccsc2C1=O. The summed E-state index contributed by atoms with van der Waals surface area (Å²) in [6.07, 6.45) is 0. The number of hydrogen-bond donors (Lipinski definition) is 0. The largest absolute Gasteiger partial charge is 0.271 e. The lowest BCUT2D eigenvalue weighted by Gasteiger charge is -2.17. The van der Waals surface area contributed by atoms with Gasteiger partial charge in [-0.3, -0.25) is 14.5 Å². The maximum absolute atomic E-state index is 11.6. The van der Waals surface area contributed by atoms with Crippen LogP contribution in [0.4, 0.5) is 0 Å². The Labute approximate surface area is 80.0 Å². The molecule has 0 spiro atoms. The molecule has 0 bridgehead atoms. The molecular formula is C9H9NO2S. The van der Waals surface area contributed by atoms with Gasteiger partial charge in [0.1, 0.15) is 4.88 Å². The molecule has 3 nitrogen and oxygen atoms in total. The number of thiophene rings is 1. The fraction of sp³-hybridized carbons (Fsp3) is 0.333. The molecule has 0 fully saturated rings. The average Bonchev–Trinajstić information content (AvgIpc) is 2.56. The van der Waals surface area contributed by atoms with Crippen LogP contribution in [0.15, 0.2) is 11.4 Å². The van der Waals surface area contributed by atoms with E-state index in [4.69, 9.17) is 0 Å². The van der Waals surface area contributed by atoms with E-state index in [-0.39, 0.29) is 17.9 Å².